The molecule has 112 valence electrons. The first-order chi connectivity index (χ1) is 9.99. The zero-order valence-corrected chi connectivity index (χ0v) is 12.2. The quantitative estimate of drug-likeness (QED) is 0.802. The minimum Gasteiger partial charge on any atom is -0.367 e. The number of tetrazole rings is 1. The van der Waals surface area contributed by atoms with Crippen molar-refractivity contribution < 1.29 is 9.53 Å². The smallest absolute Gasteiger partial charge is 0.249 e. The fourth-order valence-electron chi connectivity index (χ4n) is 1.75. The van der Waals surface area contributed by atoms with Gasteiger partial charge < -0.3 is 10.5 Å². The normalized spacial score (nSPS) is 11.5. The molecule has 0 spiro atoms. The number of nitrogens with two attached hydrogens (primary N) is 1. The fourth-order valence-corrected chi connectivity index (χ4v) is 1.75. The van der Waals surface area contributed by atoms with Crippen LogP contribution in [0.1, 0.15) is 25.2 Å². The number of hydrogen-bond acceptors (Lipinski definition) is 5. The van der Waals surface area contributed by atoms with Crippen molar-refractivity contribution >= 4 is 5.91 Å². The Balaban J connectivity index is 1.94. The van der Waals surface area contributed by atoms with Crippen molar-refractivity contribution in [2.45, 2.75) is 32.4 Å². The molecule has 0 bridgehead atoms. The number of amides is 1. The molecule has 2 rings (SSSR count). The number of primary amides is 1. The Morgan fingerprint density at radius 2 is 2.05 bits per heavy atom. The molecule has 0 radical (unpaired) electrons. The molecule has 0 saturated carbocycles. The van der Waals surface area contributed by atoms with E-state index in [4.69, 9.17) is 10.5 Å². The first-order valence-electron chi connectivity index (χ1n) is 6.72. The van der Waals surface area contributed by atoms with Crippen molar-refractivity contribution in [2.24, 2.45) is 5.73 Å². The average Bonchev–Trinajstić information content (AvgIpc) is 2.87. The van der Waals surface area contributed by atoms with E-state index in [1.165, 1.54) is 0 Å². The standard InChI is InChI=1S/C14H19N5O2/c1-14(2,13(15)20)21-9-8-12-16-17-18-19(12)10-11-6-4-3-5-7-11/h3-7H,8-10H2,1-2H3,(H2,15,20). The van der Waals surface area contributed by atoms with Gasteiger partial charge in [0.05, 0.1) is 13.2 Å². The van der Waals surface area contributed by atoms with E-state index >= 15 is 0 Å². The summed E-state index contributed by atoms with van der Waals surface area (Å²) in [6.45, 7) is 4.21. The van der Waals surface area contributed by atoms with Crippen molar-refractivity contribution in [1.82, 2.24) is 20.2 Å². The maximum Gasteiger partial charge on any atom is 0.249 e. The lowest BCUT2D eigenvalue weighted by Crippen LogP contribution is -2.41. The SMILES string of the molecule is CC(C)(OCCc1nnnn1Cc1ccccc1)C(N)=O. The largest absolute Gasteiger partial charge is 0.367 e. The van der Waals surface area contributed by atoms with Gasteiger partial charge in [0.2, 0.25) is 5.91 Å². The van der Waals surface area contributed by atoms with Crippen LogP contribution < -0.4 is 5.73 Å². The molecule has 0 saturated heterocycles. The number of carbonyl (C=O) groups excluding carboxylic acids is 1. The van der Waals surface area contributed by atoms with E-state index in [0.29, 0.717) is 25.4 Å². The summed E-state index contributed by atoms with van der Waals surface area (Å²) in [7, 11) is 0. The van der Waals surface area contributed by atoms with Gasteiger partial charge in [-0.2, -0.15) is 0 Å². The average molecular weight is 289 g/mol. The molecule has 2 aromatic rings. The summed E-state index contributed by atoms with van der Waals surface area (Å²) in [5, 5.41) is 11.6. The van der Waals surface area contributed by atoms with E-state index in [9.17, 15) is 4.79 Å². The third-order valence-corrected chi connectivity index (χ3v) is 3.16. The molecule has 0 aliphatic carbocycles. The van der Waals surface area contributed by atoms with Crippen LogP contribution in [0.3, 0.4) is 0 Å². The second-order valence-corrected chi connectivity index (χ2v) is 5.21. The van der Waals surface area contributed by atoms with Gasteiger partial charge in [-0.05, 0) is 29.8 Å². The lowest BCUT2D eigenvalue weighted by Gasteiger charge is -2.20. The van der Waals surface area contributed by atoms with Gasteiger partial charge in [0.15, 0.2) is 5.82 Å². The lowest BCUT2D eigenvalue weighted by atomic mass is 10.1. The predicted molar refractivity (Wildman–Crippen MR) is 76.3 cm³/mol. The number of carbonyl (C=O) groups is 1. The zero-order chi connectivity index (χ0) is 15.3. The number of aromatic nitrogens is 4. The van der Waals surface area contributed by atoms with Crippen LogP contribution in [0, 0.1) is 0 Å². The van der Waals surface area contributed by atoms with Crippen LogP contribution in [0.4, 0.5) is 0 Å². The summed E-state index contributed by atoms with van der Waals surface area (Å²) in [5.41, 5.74) is 5.38. The van der Waals surface area contributed by atoms with Gasteiger partial charge in [0, 0.05) is 6.42 Å². The first-order valence-corrected chi connectivity index (χ1v) is 6.72. The summed E-state index contributed by atoms with van der Waals surface area (Å²) in [6.07, 6.45) is 0.510. The maximum absolute atomic E-state index is 11.2. The van der Waals surface area contributed by atoms with E-state index in [-0.39, 0.29) is 0 Å². The molecule has 0 unspecified atom stereocenters. The zero-order valence-electron chi connectivity index (χ0n) is 12.2. The molecule has 0 aliphatic rings. The molecule has 1 aromatic heterocycles. The predicted octanol–water partition coefficient (Wildman–Crippen LogP) is 0.544. The highest BCUT2D eigenvalue weighted by atomic mass is 16.5. The van der Waals surface area contributed by atoms with Crippen LogP contribution in [0.2, 0.25) is 0 Å². The van der Waals surface area contributed by atoms with Gasteiger partial charge in [-0.25, -0.2) is 4.68 Å². The summed E-state index contributed by atoms with van der Waals surface area (Å²) in [4.78, 5) is 11.2. The third-order valence-electron chi connectivity index (χ3n) is 3.16. The van der Waals surface area contributed by atoms with E-state index < -0.39 is 11.5 Å². The molecule has 2 N–H and O–H groups in total. The summed E-state index contributed by atoms with van der Waals surface area (Å²) in [5.74, 6) is 0.213. The molecule has 1 aromatic carbocycles. The van der Waals surface area contributed by atoms with Crippen molar-refractivity contribution in [3.63, 3.8) is 0 Å². The Hall–Kier alpha value is -2.28. The Kier molecular flexibility index (Phi) is 4.64. The number of ether oxygens (including phenoxy) is 1. The Labute approximate surface area is 123 Å². The number of hydrogen-bond donors (Lipinski definition) is 1. The fraction of sp³-hybridized carbons (Fsp3) is 0.429. The highest BCUT2D eigenvalue weighted by Gasteiger charge is 2.25. The van der Waals surface area contributed by atoms with E-state index in [1.807, 2.05) is 30.3 Å². The van der Waals surface area contributed by atoms with E-state index in [2.05, 4.69) is 15.5 Å². The number of nitrogens with zero attached hydrogens (tertiary/aromatic N) is 4. The lowest BCUT2D eigenvalue weighted by molar-refractivity contribution is -0.139. The van der Waals surface area contributed by atoms with Crippen LogP contribution in [-0.4, -0.2) is 38.3 Å². The monoisotopic (exact) mass is 289 g/mol. The van der Waals surface area contributed by atoms with Gasteiger partial charge in [0.1, 0.15) is 5.60 Å². The highest BCUT2D eigenvalue weighted by molar-refractivity contribution is 5.82. The Morgan fingerprint density at radius 3 is 2.71 bits per heavy atom. The molecule has 7 heteroatoms. The maximum atomic E-state index is 11.2. The first kappa shape index (κ1) is 15.1. The van der Waals surface area contributed by atoms with Crippen LogP contribution in [0.5, 0.6) is 0 Å². The molecule has 1 amide bonds. The van der Waals surface area contributed by atoms with Crippen LogP contribution in [-0.2, 0) is 22.5 Å². The van der Waals surface area contributed by atoms with Gasteiger partial charge in [-0.1, -0.05) is 30.3 Å². The van der Waals surface area contributed by atoms with Crippen molar-refractivity contribution in [1.29, 1.82) is 0 Å². The van der Waals surface area contributed by atoms with Gasteiger partial charge >= 0.3 is 0 Å². The Bertz CT molecular complexity index is 594. The van der Waals surface area contributed by atoms with E-state index in [1.54, 1.807) is 18.5 Å². The molecule has 21 heavy (non-hydrogen) atoms. The van der Waals surface area contributed by atoms with Crippen molar-refractivity contribution in [3.8, 4) is 0 Å². The minimum absolute atomic E-state index is 0.325. The second-order valence-electron chi connectivity index (χ2n) is 5.21. The molecule has 7 nitrogen and oxygen atoms in total. The topological polar surface area (TPSA) is 95.9 Å². The van der Waals surface area contributed by atoms with Crippen molar-refractivity contribution in [3.05, 3.63) is 41.7 Å². The molecule has 0 fully saturated rings. The molecular formula is C14H19N5O2. The summed E-state index contributed by atoms with van der Waals surface area (Å²) >= 11 is 0. The van der Waals surface area contributed by atoms with Gasteiger partial charge in [-0.15, -0.1) is 5.10 Å². The number of rotatable bonds is 7. The second kappa shape index (κ2) is 6.45. The van der Waals surface area contributed by atoms with Crippen molar-refractivity contribution in [2.75, 3.05) is 6.61 Å². The molecule has 0 atom stereocenters. The molecular weight excluding hydrogens is 270 g/mol. The van der Waals surface area contributed by atoms with Crippen LogP contribution in [0.15, 0.2) is 30.3 Å². The van der Waals surface area contributed by atoms with Crippen LogP contribution in [0.25, 0.3) is 0 Å². The highest BCUT2D eigenvalue weighted by Crippen LogP contribution is 2.09. The van der Waals surface area contributed by atoms with E-state index in [0.717, 1.165) is 5.56 Å². The molecule has 0 aliphatic heterocycles. The molecule has 1 heterocycles. The summed E-state index contributed by atoms with van der Waals surface area (Å²) in [6, 6.07) is 9.93. The summed E-state index contributed by atoms with van der Waals surface area (Å²) < 4.78 is 7.20. The van der Waals surface area contributed by atoms with Gasteiger partial charge in [0.25, 0.3) is 0 Å². The Morgan fingerprint density at radius 1 is 1.33 bits per heavy atom. The van der Waals surface area contributed by atoms with Crippen LogP contribution >= 0.6 is 0 Å². The minimum atomic E-state index is -0.988. The van der Waals surface area contributed by atoms with Gasteiger partial charge in [-0.3, -0.25) is 4.79 Å². The number of benzene rings is 1. The third kappa shape index (κ3) is 4.09.